The molecule has 5 heteroatoms. The fraction of sp³-hybridized carbons (Fsp3) is 0.300. The number of hydrogen-bond donors (Lipinski definition) is 1. The molecule has 1 atom stereocenters. The SMILES string of the molecule is O=C1NC(=S)SC1Cc1ccc2c(c1)c1ccccc1n2CC1CC1. The molecule has 1 aromatic heterocycles. The second kappa shape index (κ2) is 5.85. The molecule has 0 radical (unpaired) electrons. The van der Waals surface area contributed by atoms with Crippen molar-refractivity contribution >= 4 is 56.0 Å². The summed E-state index contributed by atoms with van der Waals surface area (Å²) in [4.78, 5) is 12.0. The van der Waals surface area contributed by atoms with E-state index in [0.29, 0.717) is 10.7 Å². The molecule has 0 spiro atoms. The number of hydrogen-bond acceptors (Lipinski definition) is 3. The molecule has 2 heterocycles. The first kappa shape index (κ1) is 15.4. The molecule has 1 aliphatic heterocycles. The van der Waals surface area contributed by atoms with Crippen molar-refractivity contribution < 1.29 is 4.79 Å². The van der Waals surface area contributed by atoms with E-state index in [-0.39, 0.29) is 11.2 Å². The van der Waals surface area contributed by atoms with E-state index in [0.717, 1.165) is 12.5 Å². The highest BCUT2D eigenvalue weighted by Gasteiger charge is 2.29. The van der Waals surface area contributed by atoms with Crippen LogP contribution in [0.5, 0.6) is 0 Å². The van der Waals surface area contributed by atoms with Crippen molar-refractivity contribution in [2.75, 3.05) is 0 Å². The molecule has 3 aromatic rings. The number of nitrogens with zero attached hydrogens (tertiary/aromatic N) is 1. The monoisotopic (exact) mass is 366 g/mol. The van der Waals surface area contributed by atoms with E-state index in [1.807, 2.05) is 0 Å². The van der Waals surface area contributed by atoms with E-state index in [2.05, 4.69) is 52.3 Å². The van der Waals surface area contributed by atoms with Crippen LogP contribution in [0.15, 0.2) is 42.5 Å². The molecule has 1 saturated carbocycles. The quantitative estimate of drug-likeness (QED) is 0.701. The lowest BCUT2D eigenvalue weighted by atomic mass is 10.1. The standard InChI is InChI=1S/C20H18N2OS2/c23-19-18(25-20(24)21-19)10-13-7-8-17-15(9-13)14-3-1-2-4-16(14)22(17)11-12-5-6-12/h1-4,7-9,12,18H,5-6,10-11H2,(H,21,23,24). The number of carbonyl (C=O) groups excluding carboxylic acids is 1. The Bertz CT molecular complexity index is 1020. The maximum atomic E-state index is 12.0. The van der Waals surface area contributed by atoms with E-state index in [1.54, 1.807) is 0 Å². The van der Waals surface area contributed by atoms with E-state index in [1.165, 1.54) is 52.0 Å². The molecular formula is C20H18N2OS2. The molecule has 1 N–H and O–H groups in total. The van der Waals surface area contributed by atoms with Crippen molar-refractivity contribution in [1.29, 1.82) is 0 Å². The lowest BCUT2D eigenvalue weighted by Gasteiger charge is -2.08. The Hall–Kier alpha value is -1.85. The van der Waals surface area contributed by atoms with Crippen LogP contribution >= 0.6 is 24.0 Å². The van der Waals surface area contributed by atoms with Crippen LogP contribution in [0.2, 0.25) is 0 Å². The van der Waals surface area contributed by atoms with Crippen LogP contribution in [0.3, 0.4) is 0 Å². The first-order valence-corrected chi connectivity index (χ1v) is 9.99. The van der Waals surface area contributed by atoms with Crippen molar-refractivity contribution in [1.82, 2.24) is 9.88 Å². The zero-order valence-corrected chi connectivity index (χ0v) is 15.3. The maximum Gasteiger partial charge on any atom is 0.239 e. The Kier molecular flexibility index (Phi) is 3.61. The molecule has 2 aromatic carbocycles. The summed E-state index contributed by atoms with van der Waals surface area (Å²) in [6.07, 6.45) is 3.41. The highest BCUT2D eigenvalue weighted by Crippen LogP contribution is 2.36. The minimum absolute atomic E-state index is 0.0336. The smallest absolute Gasteiger partial charge is 0.239 e. The number of rotatable bonds is 4. The molecule has 2 fully saturated rings. The molecule has 1 aliphatic carbocycles. The van der Waals surface area contributed by atoms with Gasteiger partial charge in [0.2, 0.25) is 5.91 Å². The Morgan fingerprint density at radius 2 is 1.92 bits per heavy atom. The summed E-state index contributed by atoms with van der Waals surface area (Å²) in [6.45, 7) is 1.11. The van der Waals surface area contributed by atoms with Crippen LogP contribution in [0.25, 0.3) is 21.8 Å². The summed E-state index contributed by atoms with van der Waals surface area (Å²) in [6, 6.07) is 15.3. The summed E-state index contributed by atoms with van der Waals surface area (Å²) in [5.74, 6) is 0.865. The van der Waals surface area contributed by atoms with Crippen LogP contribution in [0.4, 0.5) is 0 Å². The molecule has 1 saturated heterocycles. The topological polar surface area (TPSA) is 34.0 Å². The molecule has 1 unspecified atom stereocenters. The lowest BCUT2D eigenvalue weighted by molar-refractivity contribution is -0.118. The number of benzene rings is 2. The number of thiocarbonyl (C=S) groups is 1. The van der Waals surface area contributed by atoms with E-state index >= 15 is 0 Å². The van der Waals surface area contributed by atoms with Gasteiger partial charge in [0.05, 0.1) is 5.25 Å². The molecule has 3 nitrogen and oxygen atoms in total. The average Bonchev–Trinajstić information content (AvgIpc) is 3.31. The number of thioether (sulfide) groups is 1. The number of fused-ring (bicyclic) bond motifs is 3. The third-order valence-corrected chi connectivity index (χ3v) is 6.53. The number of para-hydroxylation sites is 1. The summed E-state index contributed by atoms with van der Waals surface area (Å²) in [5, 5.41) is 5.23. The molecule has 25 heavy (non-hydrogen) atoms. The highest BCUT2D eigenvalue weighted by atomic mass is 32.2. The van der Waals surface area contributed by atoms with Gasteiger partial charge in [0.25, 0.3) is 0 Å². The van der Waals surface area contributed by atoms with E-state index in [9.17, 15) is 4.79 Å². The fourth-order valence-electron chi connectivity index (χ4n) is 3.72. The summed E-state index contributed by atoms with van der Waals surface area (Å²) >= 11 is 6.57. The third-order valence-electron chi connectivity index (χ3n) is 5.16. The maximum absolute atomic E-state index is 12.0. The highest BCUT2D eigenvalue weighted by molar-refractivity contribution is 8.24. The summed E-state index contributed by atoms with van der Waals surface area (Å²) in [5.41, 5.74) is 3.81. The van der Waals surface area contributed by atoms with Gasteiger partial charge in [-0.2, -0.15) is 0 Å². The third kappa shape index (κ3) is 2.75. The van der Waals surface area contributed by atoms with Crippen LogP contribution in [0.1, 0.15) is 18.4 Å². The van der Waals surface area contributed by atoms with Crippen LogP contribution in [0, 0.1) is 5.92 Å². The van der Waals surface area contributed by atoms with Gasteiger partial charge in [0.1, 0.15) is 4.32 Å². The molecule has 2 aliphatic rings. The second-order valence-electron chi connectivity index (χ2n) is 7.01. The minimum Gasteiger partial charge on any atom is -0.340 e. The van der Waals surface area contributed by atoms with Gasteiger partial charge in [-0.05, 0) is 48.9 Å². The zero-order valence-electron chi connectivity index (χ0n) is 13.7. The van der Waals surface area contributed by atoms with Crippen LogP contribution in [-0.2, 0) is 17.8 Å². The number of amides is 1. The molecule has 5 rings (SSSR count). The van der Waals surface area contributed by atoms with Crippen molar-refractivity contribution in [3.63, 3.8) is 0 Å². The van der Waals surface area contributed by atoms with Crippen molar-refractivity contribution in [2.45, 2.75) is 31.1 Å². The first-order chi connectivity index (χ1) is 12.2. The van der Waals surface area contributed by atoms with Crippen molar-refractivity contribution in [2.24, 2.45) is 5.92 Å². The largest absolute Gasteiger partial charge is 0.340 e. The summed E-state index contributed by atoms with van der Waals surface area (Å²) < 4.78 is 3.07. The van der Waals surface area contributed by atoms with Gasteiger partial charge in [-0.15, -0.1) is 0 Å². The Balaban J connectivity index is 1.58. The van der Waals surface area contributed by atoms with E-state index in [4.69, 9.17) is 12.2 Å². The zero-order chi connectivity index (χ0) is 17.0. The predicted octanol–water partition coefficient (Wildman–Crippen LogP) is 4.26. The average molecular weight is 367 g/mol. The fourth-order valence-corrected chi connectivity index (χ4v) is 5.03. The molecule has 0 bridgehead atoms. The van der Waals surface area contributed by atoms with Crippen LogP contribution < -0.4 is 5.32 Å². The van der Waals surface area contributed by atoms with Gasteiger partial charge < -0.3 is 9.88 Å². The summed E-state index contributed by atoms with van der Waals surface area (Å²) in [7, 11) is 0. The lowest BCUT2D eigenvalue weighted by Crippen LogP contribution is -2.25. The predicted molar refractivity (Wildman–Crippen MR) is 108 cm³/mol. The molecule has 1 amide bonds. The van der Waals surface area contributed by atoms with Gasteiger partial charge in [0, 0.05) is 28.4 Å². The van der Waals surface area contributed by atoms with Gasteiger partial charge in [-0.25, -0.2) is 0 Å². The molecule has 126 valence electrons. The van der Waals surface area contributed by atoms with Gasteiger partial charge in [-0.1, -0.05) is 48.2 Å². The number of carbonyl (C=O) groups is 1. The van der Waals surface area contributed by atoms with E-state index < -0.39 is 0 Å². The van der Waals surface area contributed by atoms with Crippen LogP contribution in [-0.4, -0.2) is 20.0 Å². The van der Waals surface area contributed by atoms with Gasteiger partial charge in [-0.3, -0.25) is 4.79 Å². The second-order valence-corrected chi connectivity index (χ2v) is 8.89. The normalized spacial score (nSPS) is 20.6. The molecular weight excluding hydrogens is 348 g/mol. The van der Waals surface area contributed by atoms with Gasteiger partial charge >= 0.3 is 0 Å². The van der Waals surface area contributed by atoms with Gasteiger partial charge in [0.15, 0.2) is 0 Å². The Labute approximate surface area is 155 Å². The number of nitrogens with one attached hydrogen (secondary N) is 1. The Morgan fingerprint density at radius 1 is 1.12 bits per heavy atom. The number of aromatic nitrogens is 1. The first-order valence-electron chi connectivity index (χ1n) is 8.70. The minimum atomic E-state index is -0.107. The van der Waals surface area contributed by atoms with Crippen molar-refractivity contribution in [3.05, 3.63) is 48.0 Å². The Morgan fingerprint density at radius 3 is 2.68 bits per heavy atom. The van der Waals surface area contributed by atoms with Crippen molar-refractivity contribution in [3.8, 4) is 0 Å².